The van der Waals surface area contributed by atoms with E-state index in [1.807, 2.05) is 36.6 Å². The molecule has 0 radical (unpaired) electrons. The van der Waals surface area contributed by atoms with E-state index in [9.17, 15) is 4.79 Å². The molecule has 3 aromatic rings. The molecule has 7 heteroatoms. The number of carbonyl (C=O) groups is 1. The quantitative estimate of drug-likeness (QED) is 0.773. The van der Waals surface area contributed by atoms with Gasteiger partial charge in [0.05, 0.1) is 11.4 Å². The number of thiophene rings is 2. The summed E-state index contributed by atoms with van der Waals surface area (Å²) >= 11 is 3.13. The molecule has 3 aromatic heterocycles. The molecule has 3 N–H and O–H groups in total. The van der Waals surface area contributed by atoms with Gasteiger partial charge in [0.2, 0.25) is 5.88 Å². The first-order chi connectivity index (χ1) is 10.1. The lowest BCUT2D eigenvalue weighted by Crippen LogP contribution is -2.23. The van der Waals surface area contributed by atoms with Gasteiger partial charge in [-0.3, -0.25) is 4.79 Å². The monoisotopic (exact) mass is 319 g/mol. The van der Waals surface area contributed by atoms with Gasteiger partial charge in [0.25, 0.3) is 5.91 Å². The van der Waals surface area contributed by atoms with E-state index in [-0.39, 0.29) is 11.8 Å². The summed E-state index contributed by atoms with van der Waals surface area (Å²) in [7, 11) is 0. The third-order valence-electron chi connectivity index (χ3n) is 2.92. The van der Waals surface area contributed by atoms with Crippen LogP contribution >= 0.6 is 22.7 Å². The molecule has 0 spiro atoms. The molecule has 0 saturated heterocycles. The van der Waals surface area contributed by atoms with Crippen LogP contribution in [-0.4, -0.2) is 11.1 Å². The summed E-state index contributed by atoms with van der Waals surface area (Å²) < 4.78 is 4.99. The van der Waals surface area contributed by atoms with Crippen LogP contribution in [0.5, 0.6) is 0 Å². The molecule has 0 aliphatic carbocycles. The third kappa shape index (κ3) is 2.84. The van der Waals surface area contributed by atoms with Crippen LogP contribution in [0.4, 0.5) is 5.88 Å². The van der Waals surface area contributed by atoms with Gasteiger partial charge in [-0.1, -0.05) is 11.2 Å². The highest BCUT2D eigenvalue weighted by Gasteiger charge is 2.23. The number of hydrogen-bond acceptors (Lipinski definition) is 6. The number of nitrogens with zero attached hydrogens (tertiary/aromatic N) is 1. The molecule has 0 fully saturated rings. The lowest BCUT2D eigenvalue weighted by Gasteiger charge is -2.03. The van der Waals surface area contributed by atoms with Crippen molar-refractivity contribution in [2.24, 2.45) is 0 Å². The molecular formula is C14H13N3O2S2. The average Bonchev–Trinajstić information content (AvgIpc) is 3.17. The molecule has 3 heterocycles. The first kappa shape index (κ1) is 13.8. The second-order valence-corrected chi connectivity index (χ2v) is 6.76. The standard InChI is InChI=1S/C14H13N3O2S2/c1-8-4-5-10(21-8)12-11(13(15)19-17-12)14(18)16-7-9-3-2-6-20-9/h2-6H,7,15H2,1H3,(H,16,18). The Labute approximate surface area is 129 Å². The largest absolute Gasteiger partial charge is 0.367 e. The predicted molar refractivity (Wildman–Crippen MR) is 84.5 cm³/mol. The molecule has 0 atom stereocenters. The zero-order valence-corrected chi connectivity index (χ0v) is 12.9. The summed E-state index contributed by atoms with van der Waals surface area (Å²) in [6.07, 6.45) is 0. The Balaban J connectivity index is 1.84. The molecule has 108 valence electrons. The number of hydrogen-bond donors (Lipinski definition) is 2. The van der Waals surface area contributed by atoms with Crippen LogP contribution in [0.3, 0.4) is 0 Å². The number of amides is 1. The Kier molecular flexibility index (Phi) is 3.76. The van der Waals surface area contributed by atoms with Gasteiger partial charge in [0.1, 0.15) is 11.3 Å². The molecule has 0 saturated carbocycles. The number of anilines is 1. The molecule has 0 aliphatic heterocycles. The summed E-state index contributed by atoms with van der Waals surface area (Å²) in [5.74, 6) is -0.233. The van der Waals surface area contributed by atoms with E-state index in [0.717, 1.165) is 14.6 Å². The van der Waals surface area contributed by atoms with Gasteiger partial charge in [-0.25, -0.2) is 0 Å². The number of nitrogens with two attached hydrogens (primary N) is 1. The van der Waals surface area contributed by atoms with Crippen LogP contribution in [0.2, 0.25) is 0 Å². The van der Waals surface area contributed by atoms with Crippen molar-refractivity contribution in [3.05, 3.63) is 45.0 Å². The van der Waals surface area contributed by atoms with Crippen LogP contribution in [0.15, 0.2) is 34.2 Å². The smallest absolute Gasteiger partial charge is 0.259 e. The van der Waals surface area contributed by atoms with E-state index < -0.39 is 0 Å². The molecule has 5 nitrogen and oxygen atoms in total. The van der Waals surface area contributed by atoms with Crippen molar-refractivity contribution in [1.82, 2.24) is 10.5 Å². The number of nitrogen functional groups attached to an aromatic ring is 1. The Hall–Kier alpha value is -2.12. The normalized spacial score (nSPS) is 10.7. The highest BCUT2D eigenvalue weighted by Crippen LogP contribution is 2.32. The van der Waals surface area contributed by atoms with Crippen molar-refractivity contribution in [2.45, 2.75) is 13.5 Å². The topological polar surface area (TPSA) is 81.2 Å². The molecule has 0 aromatic carbocycles. The van der Waals surface area contributed by atoms with Crippen molar-refractivity contribution in [1.29, 1.82) is 0 Å². The fourth-order valence-corrected chi connectivity index (χ4v) is 3.42. The zero-order valence-electron chi connectivity index (χ0n) is 11.3. The number of aromatic nitrogens is 1. The van der Waals surface area contributed by atoms with Gasteiger partial charge in [0.15, 0.2) is 0 Å². The summed E-state index contributed by atoms with van der Waals surface area (Å²) in [5.41, 5.74) is 6.55. The van der Waals surface area contributed by atoms with Gasteiger partial charge >= 0.3 is 0 Å². The highest BCUT2D eigenvalue weighted by atomic mass is 32.1. The third-order valence-corrected chi connectivity index (χ3v) is 4.81. The molecule has 0 unspecified atom stereocenters. The van der Waals surface area contributed by atoms with Crippen molar-refractivity contribution >= 4 is 34.5 Å². The van der Waals surface area contributed by atoms with Crippen molar-refractivity contribution in [3.63, 3.8) is 0 Å². The highest BCUT2D eigenvalue weighted by molar-refractivity contribution is 7.15. The maximum absolute atomic E-state index is 12.3. The van der Waals surface area contributed by atoms with Crippen molar-refractivity contribution < 1.29 is 9.32 Å². The zero-order chi connectivity index (χ0) is 14.8. The minimum Gasteiger partial charge on any atom is -0.367 e. The van der Waals surface area contributed by atoms with E-state index in [4.69, 9.17) is 10.3 Å². The van der Waals surface area contributed by atoms with E-state index in [0.29, 0.717) is 17.8 Å². The van der Waals surface area contributed by atoms with Gasteiger partial charge < -0.3 is 15.6 Å². The first-order valence-corrected chi connectivity index (χ1v) is 7.97. The summed E-state index contributed by atoms with van der Waals surface area (Å²) in [6, 6.07) is 7.79. The second-order valence-electron chi connectivity index (χ2n) is 4.44. The minimum absolute atomic E-state index is 0.0414. The fourth-order valence-electron chi connectivity index (χ4n) is 1.92. The summed E-state index contributed by atoms with van der Waals surface area (Å²) in [6.45, 7) is 2.46. The SMILES string of the molecule is Cc1ccc(-c2noc(N)c2C(=O)NCc2cccs2)s1. The Morgan fingerprint density at radius 1 is 1.43 bits per heavy atom. The van der Waals surface area contributed by atoms with Gasteiger partial charge in [0, 0.05) is 9.75 Å². The predicted octanol–water partition coefficient (Wildman–Crippen LogP) is 3.29. The molecular weight excluding hydrogens is 306 g/mol. The van der Waals surface area contributed by atoms with Crippen LogP contribution < -0.4 is 11.1 Å². The molecule has 1 amide bonds. The Morgan fingerprint density at radius 2 is 2.29 bits per heavy atom. The van der Waals surface area contributed by atoms with Crippen LogP contribution in [-0.2, 0) is 6.54 Å². The molecule has 3 rings (SSSR count). The molecule has 21 heavy (non-hydrogen) atoms. The van der Waals surface area contributed by atoms with E-state index in [2.05, 4.69) is 10.5 Å². The van der Waals surface area contributed by atoms with Gasteiger partial charge in [-0.2, -0.15) is 0 Å². The fraction of sp³-hybridized carbons (Fsp3) is 0.143. The maximum atomic E-state index is 12.3. The average molecular weight is 319 g/mol. The van der Waals surface area contributed by atoms with Gasteiger partial charge in [-0.05, 0) is 30.5 Å². The minimum atomic E-state index is -0.275. The van der Waals surface area contributed by atoms with Crippen LogP contribution in [0, 0.1) is 6.92 Å². The molecule has 0 bridgehead atoms. The Bertz CT molecular complexity index is 759. The van der Waals surface area contributed by atoms with Gasteiger partial charge in [-0.15, -0.1) is 22.7 Å². The lowest BCUT2D eigenvalue weighted by atomic mass is 10.2. The number of rotatable bonds is 4. The summed E-state index contributed by atoms with van der Waals surface area (Å²) in [4.78, 5) is 15.4. The second kappa shape index (κ2) is 5.71. The summed E-state index contributed by atoms with van der Waals surface area (Å²) in [5, 5.41) is 8.73. The Morgan fingerprint density at radius 3 is 2.95 bits per heavy atom. The van der Waals surface area contributed by atoms with Crippen LogP contribution in [0.25, 0.3) is 10.6 Å². The maximum Gasteiger partial charge on any atom is 0.259 e. The van der Waals surface area contributed by atoms with E-state index in [1.54, 1.807) is 22.7 Å². The number of carbonyl (C=O) groups excluding carboxylic acids is 1. The van der Waals surface area contributed by atoms with E-state index in [1.165, 1.54) is 0 Å². The first-order valence-electron chi connectivity index (χ1n) is 6.27. The van der Waals surface area contributed by atoms with Crippen molar-refractivity contribution in [3.8, 4) is 10.6 Å². The van der Waals surface area contributed by atoms with Crippen LogP contribution in [0.1, 0.15) is 20.1 Å². The lowest BCUT2D eigenvalue weighted by molar-refractivity contribution is 0.0952. The molecule has 0 aliphatic rings. The number of nitrogens with one attached hydrogen (secondary N) is 1. The van der Waals surface area contributed by atoms with E-state index >= 15 is 0 Å². The number of aryl methyl sites for hydroxylation is 1. The van der Waals surface area contributed by atoms with Crippen molar-refractivity contribution in [2.75, 3.05) is 5.73 Å².